The molecule has 0 bridgehead atoms. The molecule has 2 aromatic rings. The summed E-state index contributed by atoms with van der Waals surface area (Å²) < 4.78 is 10.3. The van der Waals surface area contributed by atoms with Gasteiger partial charge in [-0.2, -0.15) is 0 Å². The van der Waals surface area contributed by atoms with Gasteiger partial charge in [-0.05, 0) is 55.7 Å². The zero-order valence-electron chi connectivity index (χ0n) is 16.9. The molecule has 7 nitrogen and oxygen atoms in total. The lowest BCUT2D eigenvalue weighted by molar-refractivity contribution is -0.146. The molecule has 0 heterocycles. The van der Waals surface area contributed by atoms with E-state index in [2.05, 4.69) is 10.6 Å². The lowest BCUT2D eigenvalue weighted by Gasteiger charge is -2.13. The molecule has 0 radical (unpaired) electrons. The average molecular weight is 398 g/mol. The fourth-order valence-corrected chi connectivity index (χ4v) is 2.70. The van der Waals surface area contributed by atoms with E-state index in [9.17, 15) is 14.4 Å². The fourth-order valence-electron chi connectivity index (χ4n) is 2.70. The molecule has 0 unspecified atom stereocenters. The molecular weight excluding hydrogens is 372 g/mol. The molecule has 154 valence electrons. The molecule has 0 saturated carbocycles. The van der Waals surface area contributed by atoms with E-state index >= 15 is 0 Å². The molecule has 0 aliphatic rings. The summed E-state index contributed by atoms with van der Waals surface area (Å²) in [5, 5.41) is 5.24. The zero-order valence-corrected chi connectivity index (χ0v) is 16.9. The third kappa shape index (κ3) is 6.64. The molecular formula is C22H26N2O5. The SMILES string of the molecule is CCOc1ccc(C(=O)NCC(=O)OCC(=O)Nc2c(C)cccc2CC)cc1. The fraction of sp³-hybridized carbons (Fsp3) is 0.318. The van der Waals surface area contributed by atoms with E-state index in [-0.39, 0.29) is 6.54 Å². The summed E-state index contributed by atoms with van der Waals surface area (Å²) in [5.74, 6) is -0.878. The maximum atomic E-state index is 12.1. The van der Waals surface area contributed by atoms with Gasteiger partial charge in [-0.3, -0.25) is 14.4 Å². The topological polar surface area (TPSA) is 93.7 Å². The Hall–Kier alpha value is -3.35. The first-order valence-electron chi connectivity index (χ1n) is 9.49. The van der Waals surface area contributed by atoms with Crippen LogP contribution in [0.25, 0.3) is 0 Å². The third-order valence-electron chi connectivity index (χ3n) is 4.19. The van der Waals surface area contributed by atoms with Gasteiger partial charge in [0.2, 0.25) is 0 Å². The number of rotatable bonds is 9. The van der Waals surface area contributed by atoms with Gasteiger partial charge >= 0.3 is 5.97 Å². The molecule has 0 spiro atoms. The van der Waals surface area contributed by atoms with Gasteiger partial charge in [-0.15, -0.1) is 0 Å². The van der Waals surface area contributed by atoms with Crippen molar-refractivity contribution in [3.8, 4) is 5.75 Å². The smallest absolute Gasteiger partial charge is 0.325 e. The first-order chi connectivity index (χ1) is 13.9. The van der Waals surface area contributed by atoms with Gasteiger partial charge in [0, 0.05) is 11.3 Å². The van der Waals surface area contributed by atoms with Gasteiger partial charge in [0.15, 0.2) is 6.61 Å². The molecule has 0 saturated heterocycles. The number of amides is 2. The van der Waals surface area contributed by atoms with Crippen LogP contribution in [0.1, 0.15) is 35.3 Å². The number of esters is 1. The van der Waals surface area contributed by atoms with Gasteiger partial charge < -0.3 is 20.1 Å². The van der Waals surface area contributed by atoms with Crippen molar-refractivity contribution < 1.29 is 23.9 Å². The minimum absolute atomic E-state index is 0.329. The Labute approximate surface area is 170 Å². The standard InChI is InChI=1S/C22H26N2O5/c1-4-16-8-6-7-15(3)21(16)24-19(25)14-29-20(26)13-23-22(27)17-9-11-18(12-10-17)28-5-2/h6-12H,4-5,13-14H2,1-3H3,(H,23,27)(H,24,25). The summed E-state index contributed by atoms with van der Waals surface area (Å²) in [4.78, 5) is 36.0. The van der Waals surface area contributed by atoms with Crippen molar-refractivity contribution >= 4 is 23.5 Å². The molecule has 2 N–H and O–H groups in total. The second-order valence-corrected chi connectivity index (χ2v) is 6.31. The van der Waals surface area contributed by atoms with E-state index in [4.69, 9.17) is 9.47 Å². The van der Waals surface area contributed by atoms with Crippen molar-refractivity contribution in [3.05, 3.63) is 59.2 Å². The number of anilines is 1. The summed E-state index contributed by atoms with van der Waals surface area (Å²) >= 11 is 0. The Morgan fingerprint density at radius 1 is 1.00 bits per heavy atom. The number of para-hydroxylation sites is 1. The third-order valence-corrected chi connectivity index (χ3v) is 4.19. The molecule has 2 aromatic carbocycles. The second kappa shape index (κ2) is 10.8. The Bertz CT molecular complexity index is 862. The van der Waals surface area contributed by atoms with Crippen molar-refractivity contribution in [2.24, 2.45) is 0 Å². The molecule has 2 rings (SSSR count). The minimum Gasteiger partial charge on any atom is -0.494 e. The van der Waals surface area contributed by atoms with Crippen molar-refractivity contribution in [1.29, 1.82) is 0 Å². The average Bonchev–Trinajstić information content (AvgIpc) is 2.72. The molecule has 7 heteroatoms. The van der Waals surface area contributed by atoms with Gasteiger partial charge in [0.25, 0.3) is 11.8 Å². The lowest BCUT2D eigenvalue weighted by Crippen LogP contribution is -2.32. The van der Waals surface area contributed by atoms with E-state index < -0.39 is 24.4 Å². The normalized spacial score (nSPS) is 10.2. The van der Waals surface area contributed by atoms with Gasteiger partial charge in [-0.1, -0.05) is 25.1 Å². The Balaban J connectivity index is 1.78. The number of carbonyl (C=O) groups is 3. The number of hydrogen-bond acceptors (Lipinski definition) is 5. The van der Waals surface area contributed by atoms with Gasteiger partial charge in [-0.25, -0.2) is 0 Å². The monoisotopic (exact) mass is 398 g/mol. The van der Waals surface area contributed by atoms with E-state index in [0.717, 1.165) is 23.2 Å². The van der Waals surface area contributed by atoms with Crippen LogP contribution in [0, 0.1) is 6.92 Å². The van der Waals surface area contributed by atoms with Crippen LogP contribution in [-0.4, -0.2) is 37.5 Å². The first-order valence-corrected chi connectivity index (χ1v) is 9.49. The van der Waals surface area contributed by atoms with Crippen molar-refractivity contribution in [1.82, 2.24) is 5.32 Å². The quantitative estimate of drug-likeness (QED) is 0.634. The molecule has 0 fully saturated rings. The Morgan fingerprint density at radius 3 is 2.38 bits per heavy atom. The number of carbonyl (C=O) groups excluding carboxylic acids is 3. The highest BCUT2D eigenvalue weighted by atomic mass is 16.5. The highest BCUT2D eigenvalue weighted by Gasteiger charge is 2.13. The largest absolute Gasteiger partial charge is 0.494 e. The van der Waals surface area contributed by atoms with Crippen LogP contribution >= 0.6 is 0 Å². The van der Waals surface area contributed by atoms with Crippen LogP contribution in [0.15, 0.2) is 42.5 Å². The van der Waals surface area contributed by atoms with Crippen molar-refractivity contribution in [2.75, 3.05) is 25.1 Å². The molecule has 0 aromatic heterocycles. The van der Waals surface area contributed by atoms with Crippen LogP contribution in [0.4, 0.5) is 5.69 Å². The Morgan fingerprint density at radius 2 is 1.72 bits per heavy atom. The number of hydrogen-bond donors (Lipinski definition) is 2. The number of aryl methyl sites for hydroxylation is 2. The number of ether oxygens (including phenoxy) is 2. The van der Waals surface area contributed by atoms with Crippen LogP contribution in [-0.2, 0) is 20.7 Å². The predicted octanol–water partition coefficient (Wildman–Crippen LogP) is 2.87. The minimum atomic E-state index is -0.695. The summed E-state index contributed by atoms with van der Waals surface area (Å²) in [5.41, 5.74) is 3.07. The number of nitrogens with one attached hydrogen (secondary N) is 2. The second-order valence-electron chi connectivity index (χ2n) is 6.31. The zero-order chi connectivity index (χ0) is 21.2. The van der Waals surface area contributed by atoms with Gasteiger partial charge in [0.1, 0.15) is 12.3 Å². The molecule has 0 atom stereocenters. The van der Waals surface area contributed by atoms with Crippen LogP contribution in [0.2, 0.25) is 0 Å². The van der Waals surface area contributed by atoms with E-state index in [1.165, 1.54) is 0 Å². The molecule has 2 amide bonds. The predicted molar refractivity (Wildman–Crippen MR) is 110 cm³/mol. The van der Waals surface area contributed by atoms with Crippen molar-refractivity contribution in [3.63, 3.8) is 0 Å². The summed E-state index contributed by atoms with van der Waals surface area (Å²) in [6, 6.07) is 12.3. The highest BCUT2D eigenvalue weighted by molar-refractivity contribution is 5.97. The molecule has 29 heavy (non-hydrogen) atoms. The highest BCUT2D eigenvalue weighted by Crippen LogP contribution is 2.20. The van der Waals surface area contributed by atoms with E-state index in [1.807, 2.05) is 39.0 Å². The summed E-state index contributed by atoms with van der Waals surface area (Å²) in [6.45, 7) is 5.55. The maximum Gasteiger partial charge on any atom is 0.325 e. The van der Waals surface area contributed by atoms with E-state index in [1.54, 1.807) is 24.3 Å². The summed E-state index contributed by atoms with van der Waals surface area (Å²) in [7, 11) is 0. The van der Waals surface area contributed by atoms with Crippen molar-refractivity contribution in [2.45, 2.75) is 27.2 Å². The summed E-state index contributed by atoms with van der Waals surface area (Å²) in [6.07, 6.45) is 0.772. The lowest BCUT2D eigenvalue weighted by atomic mass is 10.1. The van der Waals surface area contributed by atoms with Crippen LogP contribution in [0.3, 0.4) is 0 Å². The van der Waals surface area contributed by atoms with Crippen LogP contribution < -0.4 is 15.4 Å². The molecule has 0 aliphatic carbocycles. The van der Waals surface area contributed by atoms with Gasteiger partial charge in [0.05, 0.1) is 6.61 Å². The Kier molecular flexibility index (Phi) is 8.21. The van der Waals surface area contributed by atoms with E-state index in [0.29, 0.717) is 17.9 Å². The van der Waals surface area contributed by atoms with Crippen LogP contribution in [0.5, 0.6) is 5.75 Å². The molecule has 0 aliphatic heterocycles. The maximum absolute atomic E-state index is 12.1. The first kappa shape index (κ1) is 21.9. The number of benzene rings is 2.